The average Bonchev–Trinajstić information content (AvgIpc) is 2.29. The second-order valence-electron chi connectivity index (χ2n) is 4.90. The Balaban J connectivity index is 2.52. The summed E-state index contributed by atoms with van der Waals surface area (Å²) in [5.74, 6) is -1.59. The monoisotopic (exact) mass is 275 g/mol. The predicted octanol–water partition coefficient (Wildman–Crippen LogP) is 3.43. The minimum Gasteiger partial charge on any atom is -0.449 e. The van der Waals surface area contributed by atoms with Crippen LogP contribution >= 0.6 is 11.6 Å². The van der Waals surface area contributed by atoms with Crippen LogP contribution in [0.4, 0.5) is 13.6 Å². The molecule has 1 aliphatic heterocycles. The Hall–Kier alpha value is -1.36. The van der Waals surface area contributed by atoms with Crippen LogP contribution in [0.2, 0.25) is 5.02 Å². The van der Waals surface area contributed by atoms with E-state index in [9.17, 15) is 13.6 Å². The molecule has 1 aliphatic rings. The van der Waals surface area contributed by atoms with E-state index in [0.29, 0.717) is 0 Å². The van der Waals surface area contributed by atoms with Crippen LogP contribution in [0.15, 0.2) is 12.1 Å². The van der Waals surface area contributed by atoms with Crippen LogP contribution in [-0.4, -0.2) is 12.7 Å². The van der Waals surface area contributed by atoms with Gasteiger partial charge in [-0.2, -0.15) is 0 Å². The third-order valence-electron chi connectivity index (χ3n) is 2.99. The Morgan fingerprint density at radius 3 is 2.78 bits per heavy atom. The first-order valence-corrected chi connectivity index (χ1v) is 5.77. The van der Waals surface area contributed by atoms with E-state index in [0.717, 1.165) is 12.1 Å². The zero-order chi connectivity index (χ0) is 13.5. The third-order valence-corrected chi connectivity index (χ3v) is 3.28. The van der Waals surface area contributed by atoms with Crippen molar-refractivity contribution in [3.63, 3.8) is 0 Å². The summed E-state index contributed by atoms with van der Waals surface area (Å²) >= 11 is 5.65. The zero-order valence-corrected chi connectivity index (χ0v) is 10.6. The topological polar surface area (TPSA) is 38.3 Å². The highest BCUT2D eigenvalue weighted by Crippen LogP contribution is 2.39. The molecule has 1 atom stereocenters. The van der Waals surface area contributed by atoms with Crippen molar-refractivity contribution in [2.24, 2.45) is 5.41 Å². The highest BCUT2D eigenvalue weighted by atomic mass is 35.5. The Labute approximate surface area is 108 Å². The van der Waals surface area contributed by atoms with Gasteiger partial charge in [0.25, 0.3) is 0 Å². The maximum absolute atomic E-state index is 14.0. The summed E-state index contributed by atoms with van der Waals surface area (Å²) in [6.45, 7) is 3.57. The lowest BCUT2D eigenvalue weighted by atomic mass is 9.80. The van der Waals surface area contributed by atoms with Gasteiger partial charge in [0.1, 0.15) is 18.2 Å². The molecule has 6 heteroatoms. The highest BCUT2D eigenvalue weighted by Gasteiger charge is 2.41. The summed E-state index contributed by atoms with van der Waals surface area (Å²) < 4.78 is 32.6. The second kappa shape index (κ2) is 4.39. The van der Waals surface area contributed by atoms with Crippen molar-refractivity contribution in [3.8, 4) is 0 Å². The molecule has 1 fully saturated rings. The molecule has 0 aromatic heterocycles. The Morgan fingerprint density at radius 2 is 2.11 bits per heavy atom. The van der Waals surface area contributed by atoms with Crippen LogP contribution in [0, 0.1) is 17.0 Å². The molecule has 0 aliphatic carbocycles. The number of nitrogens with one attached hydrogen (secondary N) is 1. The van der Waals surface area contributed by atoms with Crippen molar-refractivity contribution < 1.29 is 18.3 Å². The number of amides is 1. The van der Waals surface area contributed by atoms with Gasteiger partial charge in [0.15, 0.2) is 0 Å². The second-order valence-corrected chi connectivity index (χ2v) is 5.31. The summed E-state index contributed by atoms with van der Waals surface area (Å²) in [5.41, 5.74) is -0.871. The van der Waals surface area contributed by atoms with E-state index in [1.807, 2.05) is 0 Å². The highest BCUT2D eigenvalue weighted by molar-refractivity contribution is 6.30. The Morgan fingerprint density at radius 1 is 1.44 bits per heavy atom. The number of hydrogen-bond donors (Lipinski definition) is 1. The standard InChI is InChI=1S/C12H12ClF2NO2/c1-12(2)5-18-11(17)16-10(12)8-7(14)4-3-6(13)9(8)15/h3-4,10H,5H2,1-2H3,(H,16,17)/t10-/m0/s1. The average molecular weight is 276 g/mol. The first-order chi connectivity index (χ1) is 8.33. The molecule has 1 heterocycles. The van der Waals surface area contributed by atoms with Gasteiger partial charge in [0, 0.05) is 11.0 Å². The molecule has 0 unspecified atom stereocenters. The Bertz CT molecular complexity index is 505. The number of halogens is 3. The van der Waals surface area contributed by atoms with Crippen molar-refractivity contribution in [1.29, 1.82) is 0 Å². The number of carbonyl (C=O) groups excluding carboxylic acids is 1. The van der Waals surface area contributed by atoms with Gasteiger partial charge in [-0.25, -0.2) is 13.6 Å². The Kier molecular flexibility index (Phi) is 3.19. The molecule has 0 saturated carbocycles. The normalized spacial score (nSPS) is 22.3. The molecule has 3 nitrogen and oxygen atoms in total. The van der Waals surface area contributed by atoms with Crippen LogP contribution in [0.25, 0.3) is 0 Å². The zero-order valence-electron chi connectivity index (χ0n) is 9.89. The van der Waals surface area contributed by atoms with E-state index >= 15 is 0 Å². The quantitative estimate of drug-likeness (QED) is 0.798. The van der Waals surface area contributed by atoms with E-state index < -0.39 is 29.2 Å². The van der Waals surface area contributed by atoms with Crippen LogP contribution in [0.3, 0.4) is 0 Å². The fourth-order valence-corrected chi connectivity index (χ4v) is 2.12. The van der Waals surface area contributed by atoms with E-state index in [-0.39, 0.29) is 17.2 Å². The molecule has 1 saturated heterocycles. The van der Waals surface area contributed by atoms with Crippen molar-refractivity contribution >= 4 is 17.7 Å². The smallest absolute Gasteiger partial charge is 0.407 e. The van der Waals surface area contributed by atoms with E-state index in [1.54, 1.807) is 13.8 Å². The van der Waals surface area contributed by atoms with Gasteiger partial charge in [-0.15, -0.1) is 0 Å². The SMILES string of the molecule is CC1(C)COC(=O)N[C@H]1c1c(F)ccc(Cl)c1F. The number of carbonyl (C=O) groups is 1. The lowest BCUT2D eigenvalue weighted by Crippen LogP contribution is -2.47. The molecule has 2 rings (SSSR count). The van der Waals surface area contributed by atoms with Gasteiger partial charge >= 0.3 is 6.09 Å². The van der Waals surface area contributed by atoms with Gasteiger partial charge in [0.05, 0.1) is 11.1 Å². The van der Waals surface area contributed by atoms with Crippen molar-refractivity contribution in [2.45, 2.75) is 19.9 Å². The third kappa shape index (κ3) is 2.14. The van der Waals surface area contributed by atoms with Crippen molar-refractivity contribution in [3.05, 3.63) is 34.4 Å². The summed E-state index contributed by atoms with van der Waals surface area (Å²) in [5, 5.41) is 2.25. The largest absolute Gasteiger partial charge is 0.449 e. The first-order valence-electron chi connectivity index (χ1n) is 5.39. The number of alkyl carbamates (subject to hydrolysis) is 1. The number of rotatable bonds is 1. The lowest BCUT2D eigenvalue weighted by Gasteiger charge is -2.38. The minimum atomic E-state index is -0.850. The maximum Gasteiger partial charge on any atom is 0.407 e. The molecule has 1 amide bonds. The van der Waals surface area contributed by atoms with E-state index in [4.69, 9.17) is 16.3 Å². The molecule has 0 spiro atoms. The number of ether oxygens (including phenoxy) is 1. The molecule has 18 heavy (non-hydrogen) atoms. The number of benzene rings is 1. The molecule has 0 bridgehead atoms. The van der Waals surface area contributed by atoms with E-state index in [2.05, 4.69) is 5.32 Å². The van der Waals surface area contributed by atoms with Crippen LogP contribution in [0.5, 0.6) is 0 Å². The molecular weight excluding hydrogens is 264 g/mol. The number of hydrogen-bond acceptors (Lipinski definition) is 2. The predicted molar refractivity (Wildman–Crippen MR) is 62.4 cm³/mol. The molecule has 1 aromatic rings. The molecule has 1 aromatic carbocycles. The maximum atomic E-state index is 14.0. The summed E-state index contributed by atoms with van der Waals surface area (Å²) in [4.78, 5) is 11.2. The summed E-state index contributed by atoms with van der Waals surface area (Å²) in [7, 11) is 0. The van der Waals surface area contributed by atoms with Crippen LogP contribution in [-0.2, 0) is 4.74 Å². The first kappa shape index (κ1) is 13.1. The van der Waals surface area contributed by atoms with Crippen molar-refractivity contribution in [2.75, 3.05) is 6.61 Å². The van der Waals surface area contributed by atoms with Crippen LogP contribution < -0.4 is 5.32 Å². The molecule has 0 radical (unpaired) electrons. The molecule has 98 valence electrons. The van der Waals surface area contributed by atoms with E-state index in [1.165, 1.54) is 0 Å². The minimum absolute atomic E-state index is 0.0783. The van der Waals surface area contributed by atoms with Crippen LogP contribution in [0.1, 0.15) is 25.5 Å². The van der Waals surface area contributed by atoms with Crippen molar-refractivity contribution in [1.82, 2.24) is 5.32 Å². The van der Waals surface area contributed by atoms with Gasteiger partial charge in [-0.1, -0.05) is 25.4 Å². The summed E-state index contributed by atoms with van der Waals surface area (Å²) in [6.07, 6.45) is -0.696. The molecule has 1 N–H and O–H groups in total. The fourth-order valence-electron chi connectivity index (χ4n) is 1.96. The van der Waals surface area contributed by atoms with Gasteiger partial charge in [-0.05, 0) is 12.1 Å². The van der Waals surface area contributed by atoms with Gasteiger partial charge in [0.2, 0.25) is 0 Å². The van der Waals surface area contributed by atoms with Gasteiger partial charge < -0.3 is 10.1 Å². The molecular formula is C12H12ClF2NO2. The fraction of sp³-hybridized carbons (Fsp3) is 0.417. The lowest BCUT2D eigenvalue weighted by molar-refractivity contribution is 0.0367. The number of cyclic esters (lactones) is 1. The van der Waals surface area contributed by atoms with Gasteiger partial charge in [-0.3, -0.25) is 0 Å². The summed E-state index contributed by atoms with van der Waals surface area (Å²) in [6, 6.07) is 1.40.